The number of hydrogen-bond donors (Lipinski definition) is 0. The fourth-order valence-corrected chi connectivity index (χ4v) is 2.60. The van der Waals surface area contributed by atoms with Gasteiger partial charge in [0.2, 0.25) is 0 Å². The number of ketones is 1. The van der Waals surface area contributed by atoms with E-state index < -0.39 is 11.4 Å². The number of allylic oxidation sites excluding steroid dienone is 1. The van der Waals surface area contributed by atoms with Crippen LogP contribution < -0.4 is 4.74 Å². The lowest BCUT2D eigenvalue weighted by Crippen LogP contribution is -2.38. The van der Waals surface area contributed by atoms with E-state index in [9.17, 15) is 9.59 Å². The summed E-state index contributed by atoms with van der Waals surface area (Å²) in [7, 11) is 2.87. The molecule has 0 saturated carbocycles. The van der Waals surface area contributed by atoms with Crippen LogP contribution in [-0.4, -0.2) is 26.0 Å². The van der Waals surface area contributed by atoms with Gasteiger partial charge in [0.15, 0.2) is 5.78 Å². The molecule has 0 aliphatic rings. The molecule has 25 heavy (non-hydrogen) atoms. The van der Waals surface area contributed by atoms with E-state index in [1.54, 1.807) is 20.1 Å². The first-order chi connectivity index (χ1) is 12.0. The fraction of sp³-hybridized carbons (Fsp3) is 0.238. The largest absolute Gasteiger partial charge is 0.497 e. The number of carbonyl (C=O) groups is 2. The molecule has 1 unspecified atom stereocenters. The molecule has 2 aromatic carbocycles. The van der Waals surface area contributed by atoms with Gasteiger partial charge in [0.1, 0.15) is 11.2 Å². The van der Waals surface area contributed by atoms with Crippen molar-refractivity contribution in [2.75, 3.05) is 14.2 Å². The van der Waals surface area contributed by atoms with E-state index in [1.807, 2.05) is 54.6 Å². The number of methoxy groups -OCH3 is 2. The standard InChI is InChI=1S/C21H22O4/c1-21(20(23)25-3,15-17-10-7-11-18(14-17)24-2)19(22)13-12-16-8-5-4-6-9-16/h4-14H,15H2,1-3H3/b13-12+. The monoisotopic (exact) mass is 338 g/mol. The third kappa shape index (κ3) is 4.57. The Kier molecular flexibility index (Phi) is 6.12. The summed E-state index contributed by atoms with van der Waals surface area (Å²) in [5.41, 5.74) is 0.421. The van der Waals surface area contributed by atoms with Crippen LogP contribution in [0.15, 0.2) is 60.7 Å². The summed E-state index contributed by atoms with van der Waals surface area (Å²) < 4.78 is 10.1. The summed E-state index contributed by atoms with van der Waals surface area (Å²) in [6.45, 7) is 1.61. The number of carbonyl (C=O) groups excluding carboxylic acids is 2. The first-order valence-corrected chi connectivity index (χ1v) is 7.98. The third-order valence-electron chi connectivity index (χ3n) is 4.10. The highest BCUT2D eigenvalue weighted by Crippen LogP contribution is 2.28. The van der Waals surface area contributed by atoms with Gasteiger partial charge < -0.3 is 9.47 Å². The number of esters is 1. The van der Waals surface area contributed by atoms with Crippen LogP contribution in [0.1, 0.15) is 18.1 Å². The lowest BCUT2D eigenvalue weighted by atomic mass is 9.79. The average molecular weight is 338 g/mol. The number of benzene rings is 2. The molecule has 2 rings (SSSR count). The molecule has 0 radical (unpaired) electrons. The first-order valence-electron chi connectivity index (χ1n) is 7.98. The van der Waals surface area contributed by atoms with Crippen molar-refractivity contribution >= 4 is 17.8 Å². The Morgan fingerprint density at radius 2 is 1.76 bits per heavy atom. The maximum Gasteiger partial charge on any atom is 0.319 e. The summed E-state index contributed by atoms with van der Waals surface area (Å²) in [5.74, 6) is -0.180. The van der Waals surface area contributed by atoms with E-state index in [-0.39, 0.29) is 12.2 Å². The molecule has 4 nitrogen and oxygen atoms in total. The maximum absolute atomic E-state index is 12.8. The molecule has 4 heteroatoms. The van der Waals surface area contributed by atoms with Crippen molar-refractivity contribution in [3.8, 4) is 5.75 Å². The van der Waals surface area contributed by atoms with Gasteiger partial charge in [-0.05, 0) is 42.7 Å². The molecule has 0 spiro atoms. The van der Waals surface area contributed by atoms with Crippen LogP contribution in [0.3, 0.4) is 0 Å². The number of hydrogen-bond acceptors (Lipinski definition) is 4. The molecule has 130 valence electrons. The van der Waals surface area contributed by atoms with E-state index in [1.165, 1.54) is 13.2 Å². The second-order valence-corrected chi connectivity index (χ2v) is 5.96. The average Bonchev–Trinajstić information content (AvgIpc) is 2.66. The Bertz CT molecular complexity index is 764. The van der Waals surface area contributed by atoms with Crippen molar-refractivity contribution in [1.29, 1.82) is 0 Å². The quantitative estimate of drug-likeness (QED) is 0.439. The summed E-state index contributed by atoms with van der Waals surface area (Å²) in [5, 5.41) is 0. The maximum atomic E-state index is 12.8. The van der Waals surface area contributed by atoms with Crippen molar-refractivity contribution in [3.63, 3.8) is 0 Å². The summed E-state index contributed by atoms with van der Waals surface area (Å²) in [6, 6.07) is 16.8. The zero-order valence-corrected chi connectivity index (χ0v) is 14.7. The van der Waals surface area contributed by atoms with Gasteiger partial charge in [0.25, 0.3) is 0 Å². The Morgan fingerprint density at radius 3 is 2.40 bits per heavy atom. The van der Waals surface area contributed by atoms with E-state index in [4.69, 9.17) is 9.47 Å². The Hall–Kier alpha value is -2.88. The molecule has 0 fully saturated rings. The molecule has 0 saturated heterocycles. The molecule has 1 atom stereocenters. The molecule has 0 heterocycles. The van der Waals surface area contributed by atoms with E-state index >= 15 is 0 Å². The normalized spacial score (nSPS) is 13.2. The van der Waals surface area contributed by atoms with Gasteiger partial charge >= 0.3 is 5.97 Å². The molecule has 0 aromatic heterocycles. The summed E-state index contributed by atoms with van der Waals surface area (Å²) in [6.07, 6.45) is 3.37. The van der Waals surface area contributed by atoms with Crippen molar-refractivity contribution in [2.24, 2.45) is 5.41 Å². The third-order valence-corrected chi connectivity index (χ3v) is 4.10. The van der Waals surface area contributed by atoms with Gasteiger partial charge in [-0.3, -0.25) is 9.59 Å². The van der Waals surface area contributed by atoms with Gasteiger partial charge in [-0.15, -0.1) is 0 Å². The Morgan fingerprint density at radius 1 is 1.04 bits per heavy atom. The molecule has 0 amide bonds. The molecule has 2 aromatic rings. The zero-order valence-electron chi connectivity index (χ0n) is 14.7. The van der Waals surface area contributed by atoms with Gasteiger partial charge in [0.05, 0.1) is 14.2 Å². The van der Waals surface area contributed by atoms with Crippen molar-refractivity contribution < 1.29 is 19.1 Å². The highest BCUT2D eigenvalue weighted by atomic mass is 16.5. The van der Waals surface area contributed by atoms with Crippen LogP contribution in [-0.2, 0) is 20.7 Å². The first kappa shape index (κ1) is 18.5. The lowest BCUT2D eigenvalue weighted by Gasteiger charge is -2.24. The number of ether oxygens (including phenoxy) is 2. The van der Waals surface area contributed by atoms with E-state index in [2.05, 4.69) is 0 Å². The van der Waals surface area contributed by atoms with E-state index in [0.29, 0.717) is 5.75 Å². The number of rotatable bonds is 7. The highest BCUT2D eigenvalue weighted by Gasteiger charge is 2.40. The van der Waals surface area contributed by atoms with Crippen LogP contribution >= 0.6 is 0 Å². The van der Waals surface area contributed by atoms with Gasteiger partial charge in [0, 0.05) is 0 Å². The molecular weight excluding hydrogens is 316 g/mol. The molecule has 0 N–H and O–H groups in total. The topological polar surface area (TPSA) is 52.6 Å². The van der Waals surface area contributed by atoms with E-state index in [0.717, 1.165) is 11.1 Å². The highest BCUT2D eigenvalue weighted by molar-refractivity contribution is 6.10. The van der Waals surface area contributed by atoms with Crippen LogP contribution in [0.4, 0.5) is 0 Å². The smallest absolute Gasteiger partial charge is 0.319 e. The summed E-state index contributed by atoms with van der Waals surface area (Å²) >= 11 is 0. The Labute approximate surface area is 148 Å². The van der Waals surface area contributed by atoms with Gasteiger partial charge in [-0.2, -0.15) is 0 Å². The van der Waals surface area contributed by atoms with Crippen LogP contribution in [0.25, 0.3) is 6.08 Å². The second kappa shape index (κ2) is 8.29. The van der Waals surface area contributed by atoms with Gasteiger partial charge in [-0.25, -0.2) is 0 Å². The fourth-order valence-electron chi connectivity index (χ4n) is 2.60. The minimum atomic E-state index is -1.30. The molecular formula is C21H22O4. The van der Waals surface area contributed by atoms with Crippen molar-refractivity contribution in [3.05, 3.63) is 71.8 Å². The molecule has 0 bridgehead atoms. The second-order valence-electron chi connectivity index (χ2n) is 5.96. The van der Waals surface area contributed by atoms with Gasteiger partial charge in [-0.1, -0.05) is 48.5 Å². The minimum absolute atomic E-state index is 0.231. The van der Waals surface area contributed by atoms with Crippen molar-refractivity contribution in [1.82, 2.24) is 0 Å². The minimum Gasteiger partial charge on any atom is -0.497 e. The Balaban J connectivity index is 2.28. The molecule has 0 aliphatic carbocycles. The van der Waals surface area contributed by atoms with Crippen LogP contribution in [0.2, 0.25) is 0 Å². The SMILES string of the molecule is COC(=O)C(C)(Cc1cccc(OC)c1)C(=O)/C=C/c1ccccc1. The van der Waals surface area contributed by atoms with Crippen LogP contribution in [0.5, 0.6) is 5.75 Å². The predicted molar refractivity (Wildman–Crippen MR) is 97.3 cm³/mol. The summed E-state index contributed by atoms with van der Waals surface area (Å²) in [4.78, 5) is 25.1. The lowest BCUT2D eigenvalue weighted by molar-refractivity contribution is -0.155. The molecule has 0 aliphatic heterocycles. The zero-order chi connectivity index (χ0) is 18.3. The predicted octanol–water partition coefficient (Wildman–Crippen LogP) is 3.70. The van der Waals surface area contributed by atoms with Crippen molar-refractivity contribution in [2.45, 2.75) is 13.3 Å². The van der Waals surface area contributed by atoms with Crippen LogP contribution in [0, 0.1) is 5.41 Å².